The number of aromatic nitrogens is 1. The molecule has 1 aliphatic rings. The molecule has 0 spiro atoms. The second-order valence-electron chi connectivity index (χ2n) is 5.85. The summed E-state index contributed by atoms with van der Waals surface area (Å²) in [4.78, 5) is 41.8. The summed E-state index contributed by atoms with van der Waals surface area (Å²) < 4.78 is 10.4. The summed E-state index contributed by atoms with van der Waals surface area (Å²) in [6.45, 7) is 3.49. The number of rotatable bonds is 7. The molecule has 0 radical (unpaired) electrons. The van der Waals surface area contributed by atoms with Crippen molar-refractivity contribution in [2.45, 2.75) is 26.3 Å². The first kappa shape index (κ1) is 20.0. The molecule has 0 aliphatic carbocycles. The Hall–Kier alpha value is -2.72. The van der Waals surface area contributed by atoms with E-state index >= 15 is 0 Å². The fraction of sp³-hybridized carbons (Fsp3) is 0.333. The standard InChI is InChI=1S/C18H19N3O5S2/c1-3-25-17(23)15-12(8-26-14(22)7-11-9-28-10(2)19-11)20-18(24)21-16(15)13-5-4-6-27-13/h4-6,9,16H,3,7-8H2,1-2H3,(H2,20,21,24). The van der Waals surface area contributed by atoms with E-state index in [9.17, 15) is 14.4 Å². The number of thiophene rings is 1. The number of hydrogen-bond donors (Lipinski definition) is 2. The number of carbonyl (C=O) groups excluding carboxylic acids is 3. The number of nitrogens with one attached hydrogen (secondary N) is 2. The van der Waals surface area contributed by atoms with Crippen molar-refractivity contribution in [3.63, 3.8) is 0 Å². The predicted octanol–water partition coefficient (Wildman–Crippen LogP) is 2.47. The molecule has 0 saturated carbocycles. The number of esters is 2. The molecule has 0 saturated heterocycles. The summed E-state index contributed by atoms with van der Waals surface area (Å²) in [5.74, 6) is -1.07. The van der Waals surface area contributed by atoms with E-state index in [0.717, 1.165) is 9.88 Å². The SMILES string of the molecule is CCOC(=O)C1=C(COC(=O)Cc2csc(C)n2)NC(=O)NC1c1cccs1. The Balaban J connectivity index is 1.80. The second-order valence-corrected chi connectivity index (χ2v) is 7.90. The molecule has 0 bridgehead atoms. The van der Waals surface area contributed by atoms with Crippen LogP contribution < -0.4 is 10.6 Å². The Labute approximate surface area is 169 Å². The number of nitrogens with zero attached hydrogens (tertiary/aromatic N) is 1. The molecule has 2 aromatic rings. The van der Waals surface area contributed by atoms with Crippen LogP contribution in [0.2, 0.25) is 0 Å². The largest absolute Gasteiger partial charge is 0.463 e. The van der Waals surface area contributed by atoms with Crippen molar-refractivity contribution in [2.24, 2.45) is 0 Å². The Morgan fingerprint density at radius 2 is 2.11 bits per heavy atom. The quantitative estimate of drug-likeness (QED) is 0.665. The molecule has 8 nitrogen and oxygen atoms in total. The van der Waals surface area contributed by atoms with E-state index in [4.69, 9.17) is 9.47 Å². The molecule has 1 unspecified atom stereocenters. The molecule has 3 heterocycles. The summed E-state index contributed by atoms with van der Waals surface area (Å²) in [5.41, 5.74) is 1.06. The van der Waals surface area contributed by atoms with Crippen LogP contribution in [0.4, 0.5) is 4.79 Å². The number of ether oxygens (including phenoxy) is 2. The maximum atomic E-state index is 12.5. The lowest BCUT2D eigenvalue weighted by atomic mass is 10.0. The van der Waals surface area contributed by atoms with Gasteiger partial charge >= 0.3 is 18.0 Å². The average molecular weight is 422 g/mol. The third-order valence-corrected chi connectivity index (χ3v) is 5.61. The molecular formula is C18H19N3O5S2. The van der Waals surface area contributed by atoms with E-state index in [1.165, 1.54) is 22.7 Å². The first-order valence-electron chi connectivity index (χ1n) is 8.55. The van der Waals surface area contributed by atoms with Gasteiger partial charge in [-0.2, -0.15) is 0 Å². The molecule has 1 aliphatic heterocycles. The van der Waals surface area contributed by atoms with Crippen LogP contribution in [0.25, 0.3) is 0 Å². The van der Waals surface area contributed by atoms with E-state index in [1.54, 1.807) is 12.3 Å². The lowest BCUT2D eigenvalue weighted by Crippen LogP contribution is -2.47. The Morgan fingerprint density at radius 1 is 1.29 bits per heavy atom. The van der Waals surface area contributed by atoms with Gasteiger partial charge in [0, 0.05) is 10.3 Å². The van der Waals surface area contributed by atoms with Crippen LogP contribution in [0.1, 0.15) is 28.5 Å². The van der Waals surface area contributed by atoms with Crippen molar-refractivity contribution in [3.8, 4) is 0 Å². The highest BCUT2D eigenvalue weighted by Crippen LogP contribution is 2.30. The number of carbonyl (C=O) groups is 3. The molecule has 148 valence electrons. The predicted molar refractivity (Wildman–Crippen MR) is 104 cm³/mol. The van der Waals surface area contributed by atoms with E-state index in [1.807, 2.05) is 24.4 Å². The van der Waals surface area contributed by atoms with Crippen molar-refractivity contribution in [3.05, 3.63) is 49.7 Å². The van der Waals surface area contributed by atoms with E-state index in [2.05, 4.69) is 15.6 Å². The molecule has 2 aromatic heterocycles. The summed E-state index contributed by atoms with van der Waals surface area (Å²) in [6, 6.07) is 2.50. The van der Waals surface area contributed by atoms with Gasteiger partial charge in [0.1, 0.15) is 6.61 Å². The minimum atomic E-state index is -0.664. The number of urea groups is 1. The highest BCUT2D eigenvalue weighted by molar-refractivity contribution is 7.10. The van der Waals surface area contributed by atoms with Gasteiger partial charge in [-0.1, -0.05) is 6.07 Å². The van der Waals surface area contributed by atoms with Gasteiger partial charge in [0.15, 0.2) is 0 Å². The molecule has 3 rings (SSSR count). The van der Waals surface area contributed by atoms with Crippen LogP contribution in [-0.4, -0.2) is 36.2 Å². The van der Waals surface area contributed by atoms with Crippen molar-refractivity contribution in [1.82, 2.24) is 15.6 Å². The first-order valence-corrected chi connectivity index (χ1v) is 10.3. The zero-order valence-corrected chi connectivity index (χ0v) is 16.9. The van der Waals surface area contributed by atoms with E-state index < -0.39 is 24.0 Å². The average Bonchev–Trinajstić information content (AvgIpc) is 3.31. The van der Waals surface area contributed by atoms with Gasteiger partial charge in [-0.15, -0.1) is 22.7 Å². The zero-order chi connectivity index (χ0) is 20.1. The topological polar surface area (TPSA) is 107 Å². The maximum absolute atomic E-state index is 12.5. The van der Waals surface area contributed by atoms with Gasteiger partial charge < -0.3 is 20.1 Å². The third kappa shape index (κ3) is 4.76. The number of thiazole rings is 1. The number of aryl methyl sites for hydroxylation is 1. The third-order valence-electron chi connectivity index (χ3n) is 3.85. The number of amides is 2. The van der Waals surface area contributed by atoms with Gasteiger partial charge in [-0.25, -0.2) is 14.6 Å². The van der Waals surface area contributed by atoms with Gasteiger partial charge in [-0.05, 0) is 25.3 Å². The summed E-state index contributed by atoms with van der Waals surface area (Å²) in [7, 11) is 0. The van der Waals surface area contributed by atoms with Gasteiger partial charge in [-0.3, -0.25) is 4.79 Å². The minimum Gasteiger partial charge on any atom is -0.463 e. The Morgan fingerprint density at radius 3 is 2.75 bits per heavy atom. The van der Waals surface area contributed by atoms with Crippen molar-refractivity contribution in [1.29, 1.82) is 0 Å². The van der Waals surface area contributed by atoms with Crippen molar-refractivity contribution in [2.75, 3.05) is 13.2 Å². The Kier molecular flexibility index (Phi) is 6.42. The summed E-state index contributed by atoms with van der Waals surface area (Å²) in [6.07, 6.45) is 0.0207. The lowest BCUT2D eigenvalue weighted by Gasteiger charge is -2.28. The molecule has 0 fully saturated rings. The summed E-state index contributed by atoms with van der Waals surface area (Å²) >= 11 is 2.85. The van der Waals surface area contributed by atoms with Gasteiger partial charge in [0.25, 0.3) is 0 Å². The second kappa shape index (κ2) is 8.98. The minimum absolute atomic E-state index is 0.0207. The normalized spacial score (nSPS) is 16.4. The molecule has 0 aromatic carbocycles. The molecule has 1 atom stereocenters. The van der Waals surface area contributed by atoms with Crippen LogP contribution in [0.3, 0.4) is 0 Å². The van der Waals surface area contributed by atoms with Crippen LogP contribution >= 0.6 is 22.7 Å². The lowest BCUT2D eigenvalue weighted by molar-refractivity contribution is -0.143. The highest BCUT2D eigenvalue weighted by Gasteiger charge is 2.34. The Bertz CT molecular complexity index is 904. The fourth-order valence-corrected chi connectivity index (χ4v) is 4.09. The van der Waals surface area contributed by atoms with Crippen molar-refractivity contribution < 1.29 is 23.9 Å². The van der Waals surface area contributed by atoms with Crippen LogP contribution in [0.15, 0.2) is 34.2 Å². The van der Waals surface area contributed by atoms with Crippen LogP contribution in [0.5, 0.6) is 0 Å². The van der Waals surface area contributed by atoms with E-state index in [-0.39, 0.29) is 30.9 Å². The van der Waals surface area contributed by atoms with Crippen LogP contribution in [-0.2, 0) is 25.5 Å². The van der Waals surface area contributed by atoms with E-state index in [0.29, 0.717) is 5.69 Å². The summed E-state index contributed by atoms with van der Waals surface area (Å²) in [5, 5.41) is 9.79. The molecule has 2 amide bonds. The molecule has 28 heavy (non-hydrogen) atoms. The zero-order valence-electron chi connectivity index (χ0n) is 15.3. The maximum Gasteiger partial charge on any atom is 0.338 e. The molecule has 10 heteroatoms. The monoisotopic (exact) mass is 421 g/mol. The fourth-order valence-electron chi connectivity index (χ4n) is 2.69. The van der Waals surface area contributed by atoms with Crippen LogP contribution in [0, 0.1) is 6.92 Å². The van der Waals surface area contributed by atoms with Gasteiger partial charge in [0.05, 0.1) is 41.0 Å². The molecular weight excluding hydrogens is 402 g/mol. The highest BCUT2D eigenvalue weighted by atomic mass is 32.1. The smallest absolute Gasteiger partial charge is 0.338 e. The molecule has 2 N–H and O–H groups in total. The first-order chi connectivity index (χ1) is 13.5. The van der Waals surface area contributed by atoms with Crippen molar-refractivity contribution >= 4 is 40.6 Å². The number of hydrogen-bond acceptors (Lipinski definition) is 8. The van der Waals surface area contributed by atoms with Gasteiger partial charge in [0.2, 0.25) is 0 Å².